The Morgan fingerprint density at radius 3 is 2.38 bits per heavy atom. The van der Waals surface area contributed by atoms with Crippen molar-refractivity contribution < 1.29 is 51.5 Å². The molecule has 4 N–H and O–H groups in total. The summed E-state index contributed by atoms with van der Waals surface area (Å²) >= 11 is 1.53. The van der Waals surface area contributed by atoms with Crippen LogP contribution in [0.1, 0.15) is 67.5 Å². The number of imide groups is 2. The standard InChI is InChI=1S/C43H47N7O11S2/c1-63(58,59)49-16-15-29(20-49)37(52)44-33(38(53)47-43-45-34(24-62-43)27-5-3-2-4-6-27)23-60-21-25-7-9-28(10-8-25)40(55)48-18-26(19-48)22-61-30-11-12-31-32(17-30)42(57)50(41(31)56)35-13-14-36(51)46-39(35)54/h2-12,17,26,29,33-35,43,45H,13-16,18-24H2,1H3,(H,44,52)(H,47,53)(H,46,51,54)/t29?,33-,34?,35?,43?/m0/s1. The number of hydrogen-bond donors (Lipinski definition) is 4. The third-order valence-electron chi connectivity index (χ3n) is 11.8. The Balaban J connectivity index is 0.803. The van der Waals surface area contributed by atoms with Gasteiger partial charge in [-0.25, -0.2) is 12.7 Å². The van der Waals surface area contributed by atoms with E-state index in [-0.39, 0.29) is 74.7 Å². The lowest BCUT2D eigenvalue weighted by Crippen LogP contribution is -2.54. The summed E-state index contributed by atoms with van der Waals surface area (Å²) in [5.74, 6) is -2.87. The zero-order chi connectivity index (χ0) is 44.4. The number of amides is 7. The first-order valence-electron chi connectivity index (χ1n) is 20.6. The van der Waals surface area contributed by atoms with Crippen LogP contribution in [0.25, 0.3) is 0 Å². The zero-order valence-electron chi connectivity index (χ0n) is 34.3. The molecule has 5 heterocycles. The van der Waals surface area contributed by atoms with E-state index in [4.69, 9.17) is 9.47 Å². The molecule has 4 fully saturated rings. The number of nitrogens with zero attached hydrogens (tertiary/aromatic N) is 3. The monoisotopic (exact) mass is 901 g/mol. The lowest BCUT2D eigenvalue weighted by molar-refractivity contribution is -0.136. The van der Waals surface area contributed by atoms with Gasteiger partial charge in [-0.15, -0.1) is 11.8 Å². The van der Waals surface area contributed by atoms with Gasteiger partial charge in [0.1, 0.15) is 23.3 Å². The van der Waals surface area contributed by atoms with Gasteiger partial charge in [0.05, 0.1) is 43.1 Å². The van der Waals surface area contributed by atoms with Crippen molar-refractivity contribution in [2.24, 2.45) is 11.8 Å². The maximum absolute atomic E-state index is 13.6. The summed E-state index contributed by atoms with van der Waals surface area (Å²) in [5.41, 5.74) is 2.18. The van der Waals surface area contributed by atoms with Gasteiger partial charge in [-0.05, 0) is 54.3 Å². The van der Waals surface area contributed by atoms with Gasteiger partial charge >= 0.3 is 0 Å². The Bertz CT molecular complexity index is 2410. The van der Waals surface area contributed by atoms with Gasteiger partial charge < -0.3 is 25.0 Å². The number of rotatable bonds is 15. The topological polar surface area (TPSA) is 230 Å². The van der Waals surface area contributed by atoms with Gasteiger partial charge in [-0.1, -0.05) is 42.5 Å². The Kier molecular flexibility index (Phi) is 13.0. The average Bonchev–Trinajstić information content (AvgIpc) is 4.00. The molecule has 4 saturated heterocycles. The van der Waals surface area contributed by atoms with E-state index in [1.54, 1.807) is 35.2 Å². The average molecular weight is 902 g/mol. The van der Waals surface area contributed by atoms with Crippen molar-refractivity contribution in [1.29, 1.82) is 0 Å². The Morgan fingerprint density at radius 2 is 1.67 bits per heavy atom. The Labute approximate surface area is 367 Å². The fourth-order valence-corrected chi connectivity index (χ4v) is 10.2. The summed E-state index contributed by atoms with van der Waals surface area (Å²) in [5, 5.41) is 11.3. The number of benzene rings is 3. The number of fused-ring (bicyclic) bond motifs is 1. The molecule has 5 aliphatic heterocycles. The van der Waals surface area contributed by atoms with E-state index in [9.17, 15) is 42.0 Å². The third kappa shape index (κ3) is 9.94. The van der Waals surface area contributed by atoms with Crippen molar-refractivity contribution in [3.8, 4) is 5.75 Å². The van der Waals surface area contributed by atoms with Crippen molar-refractivity contribution in [3.63, 3.8) is 0 Å². The number of ether oxygens (including phenoxy) is 2. The minimum atomic E-state index is -3.46. The van der Waals surface area contributed by atoms with E-state index in [0.29, 0.717) is 30.8 Å². The lowest BCUT2D eigenvalue weighted by Gasteiger charge is -2.39. The number of thioether (sulfide) groups is 1. The van der Waals surface area contributed by atoms with Gasteiger partial charge in [-0.3, -0.25) is 49.1 Å². The molecule has 20 heteroatoms. The maximum atomic E-state index is 13.6. The summed E-state index contributed by atoms with van der Waals surface area (Å²) in [7, 11) is -3.46. The second-order valence-electron chi connectivity index (χ2n) is 16.3. The molecular formula is C43H47N7O11S2. The van der Waals surface area contributed by atoms with E-state index >= 15 is 0 Å². The number of piperidine rings is 1. The molecular weight excluding hydrogens is 855 g/mol. The van der Waals surface area contributed by atoms with Crippen LogP contribution in [0, 0.1) is 11.8 Å². The number of hydrogen-bond acceptors (Lipinski definition) is 13. The quantitative estimate of drug-likeness (QED) is 0.156. The predicted molar refractivity (Wildman–Crippen MR) is 227 cm³/mol. The van der Waals surface area contributed by atoms with Gasteiger partial charge in [0.2, 0.25) is 33.7 Å². The molecule has 3 aromatic rings. The number of carbonyl (C=O) groups is 7. The number of carbonyl (C=O) groups excluding carboxylic acids is 7. The molecule has 332 valence electrons. The van der Waals surface area contributed by atoms with Gasteiger partial charge in [0.25, 0.3) is 17.7 Å². The molecule has 0 bridgehead atoms. The fraction of sp³-hybridized carbons (Fsp3) is 0.419. The molecule has 8 rings (SSSR count). The molecule has 63 heavy (non-hydrogen) atoms. The summed E-state index contributed by atoms with van der Waals surface area (Å²) in [6.07, 6.45) is 1.53. The molecule has 0 aliphatic carbocycles. The first-order chi connectivity index (χ1) is 30.2. The highest BCUT2D eigenvalue weighted by molar-refractivity contribution is 8.00. The first-order valence-corrected chi connectivity index (χ1v) is 23.5. The largest absolute Gasteiger partial charge is 0.493 e. The van der Waals surface area contributed by atoms with Crippen LogP contribution in [0.5, 0.6) is 5.75 Å². The van der Waals surface area contributed by atoms with Gasteiger partial charge in [0.15, 0.2) is 0 Å². The lowest BCUT2D eigenvalue weighted by atomic mass is 9.99. The number of nitrogens with one attached hydrogen (secondary N) is 4. The van der Waals surface area contributed by atoms with Crippen molar-refractivity contribution in [2.75, 3.05) is 51.4 Å². The second kappa shape index (κ2) is 18.6. The molecule has 0 aromatic heterocycles. The molecule has 0 spiro atoms. The summed E-state index contributed by atoms with van der Waals surface area (Å²) < 4.78 is 37.3. The van der Waals surface area contributed by atoms with Crippen molar-refractivity contribution in [2.45, 2.75) is 49.5 Å². The SMILES string of the molecule is CS(=O)(=O)N1CCC(C(=O)N[C@@H](COCc2ccc(C(=O)N3CC(COc4ccc5c(c4)C(=O)N(C4CCC(=O)NC4=O)C5=O)C3)cc2)C(=O)NC2NC(c3ccccc3)CS2)C1. The summed E-state index contributed by atoms with van der Waals surface area (Å²) in [6, 6.07) is 19.2. The van der Waals surface area contributed by atoms with Crippen LogP contribution in [-0.4, -0.2) is 133 Å². The fourth-order valence-electron chi connectivity index (χ4n) is 8.19. The number of sulfonamides is 1. The zero-order valence-corrected chi connectivity index (χ0v) is 36.0. The molecule has 3 aromatic carbocycles. The molecule has 5 atom stereocenters. The first kappa shape index (κ1) is 44.0. The highest BCUT2D eigenvalue weighted by atomic mass is 32.2. The normalized spacial score (nSPS) is 23.3. The molecule has 4 unspecified atom stereocenters. The maximum Gasteiger partial charge on any atom is 0.262 e. The molecule has 0 radical (unpaired) electrons. The van der Waals surface area contributed by atoms with Crippen LogP contribution in [0.3, 0.4) is 0 Å². The van der Waals surface area contributed by atoms with E-state index in [0.717, 1.165) is 28.0 Å². The summed E-state index contributed by atoms with van der Waals surface area (Å²) in [6.45, 7) is 1.35. The van der Waals surface area contributed by atoms with E-state index < -0.39 is 69.0 Å². The second-order valence-corrected chi connectivity index (χ2v) is 19.4. The molecule has 5 aliphatic rings. The summed E-state index contributed by atoms with van der Waals surface area (Å²) in [4.78, 5) is 92.8. The van der Waals surface area contributed by atoms with Crippen LogP contribution in [-0.2, 0) is 40.5 Å². The van der Waals surface area contributed by atoms with Crippen molar-refractivity contribution >= 4 is 63.1 Å². The predicted octanol–water partition coefficient (Wildman–Crippen LogP) is 0.999. The van der Waals surface area contributed by atoms with Crippen molar-refractivity contribution in [3.05, 3.63) is 101 Å². The van der Waals surface area contributed by atoms with Crippen LogP contribution in [0.4, 0.5) is 0 Å². The van der Waals surface area contributed by atoms with Gasteiger partial charge in [0, 0.05) is 55.9 Å². The van der Waals surface area contributed by atoms with Crippen molar-refractivity contribution in [1.82, 2.24) is 35.4 Å². The van der Waals surface area contributed by atoms with Crippen LogP contribution in [0.2, 0.25) is 0 Å². The highest BCUT2D eigenvalue weighted by Gasteiger charge is 2.45. The Morgan fingerprint density at radius 1 is 0.921 bits per heavy atom. The van der Waals surface area contributed by atoms with Crippen LogP contribution >= 0.6 is 11.8 Å². The smallest absolute Gasteiger partial charge is 0.262 e. The molecule has 0 saturated carbocycles. The van der Waals surface area contributed by atoms with E-state index in [1.165, 1.54) is 28.2 Å². The molecule has 7 amide bonds. The number of likely N-dealkylation sites (tertiary alicyclic amines) is 1. The van der Waals surface area contributed by atoms with Crippen LogP contribution < -0.4 is 26.0 Å². The van der Waals surface area contributed by atoms with E-state index in [2.05, 4.69) is 21.3 Å². The minimum Gasteiger partial charge on any atom is -0.493 e. The minimum absolute atomic E-state index is 0.0263. The molecule has 18 nitrogen and oxygen atoms in total. The Hall–Kier alpha value is -5.67. The van der Waals surface area contributed by atoms with Gasteiger partial charge in [-0.2, -0.15) is 0 Å². The van der Waals surface area contributed by atoms with E-state index in [1.807, 2.05) is 30.3 Å². The van der Waals surface area contributed by atoms with Crippen LogP contribution in [0.15, 0.2) is 72.8 Å². The highest BCUT2D eigenvalue weighted by Crippen LogP contribution is 2.32. The third-order valence-corrected chi connectivity index (χ3v) is 14.2.